The summed E-state index contributed by atoms with van der Waals surface area (Å²) in [5.41, 5.74) is 19.5. The van der Waals surface area contributed by atoms with E-state index in [1.54, 1.807) is 0 Å². The number of rotatable bonds is 9. The molecule has 0 unspecified atom stereocenters. The Morgan fingerprint density at radius 2 is 0.633 bits per heavy atom. The standard InChI is InChI=1S/C82H50N8/c83-51-55-27-13-14-32-59(55)54-41-44-75(90-74-40-22-18-36-63(74)70-48-68-61-34-16-20-38-72(61)88(77(68)50-79(70)90)57-30-11-4-12-31-57)66(45-54)65-46-58(42-43-64(65)82-85-80(52-23-5-1-6-24-52)84-81(86-82)53-25-7-2-8-26-53)89-73-39-21-17-35-62(73)69-47-67-60-33-15-19-37-71(60)87(76(67)49-78(69)89)56-28-9-3-10-29-56/h1-50H. The van der Waals surface area contributed by atoms with Gasteiger partial charge in [-0.05, 0) is 126 Å². The Labute approximate surface area is 516 Å². The number of aromatic nitrogens is 7. The Morgan fingerprint density at radius 3 is 1.12 bits per heavy atom. The molecule has 8 nitrogen and oxygen atoms in total. The average Bonchev–Trinajstić information content (AvgIpc) is 1.56. The zero-order valence-electron chi connectivity index (χ0n) is 48.4. The van der Waals surface area contributed by atoms with Crippen LogP contribution >= 0.6 is 0 Å². The predicted octanol–water partition coefficient (Wildman–Crippen LogP) is 20.5. The summed E-state index contributed by atoms with van der Waals surface area (Å²) < 4.78 is 9.66. The Morgan fingerprint density at radius 1 is 0.233 bits per heavy atom. The van der Waals surface area contributed by atoms with E-state index in [4.69, 9.17) is 15.0 Å². The minimum atomic E-state index is 0.519. The van der Waals surface area contributed by atoms with Crippen molar-refractivity contribution < 1.29 is 0 Å². The molecular formula is C82H50N8. The molecule has 13 aromatic carbocycles. The lowest BCUT2D eigenvalue weighted by Crippen LogP contribution is -2.04. The maximum Gasteiger partial charge on any atom is 0.164 e. The minimum absolute atomic E-state index is 0.519. The van der Waals surface area contributed by atoms with Gasteiger partial charge in [-0.2, -0.15) is 5.26 Å². The van der Waals surface area contributed by atoms with Crippen LogP contribution in [0.5, 0.6) is 0 Å². The molecule has 0 N–H and O–H groups in total. The van der Waals surface area contributed by atoms with E-state index in [1.165, 1.54) is 21.5 Å². The summed E-state index contributed by atoms with van der Waals surface area (Å²) in [5, 5.41) is 20.1. The van der Waals surface area contributed by atoms with Gasteiger partial charge in [-0.3, -0.25) is 0 Å². The average molecular weight is 1150 g/mol. The number of nitrogens with zero attached hydrogens (tertiary/aromatic N) is 8. The first-order valence-corrected chi connectivity index (χ1v) is 30.3. The van der Waals surface area contributed by atoms with Crippen LogP contribution in [0.3, 0.4) is 0 Å². The predicted molar refractivity (Wildman–Crippen MR) is 369 cm³/mol. The quantitative estimate of drug-likeness (QED) is 0.144. The number of fused-ring (bicyclic) bond motifs is 12. The van der Waals surface area contributed by atoms with Crippen LogP contribution in [-0.2, 0) is 0 Å². The fraction of sp³-hybridized carbons (Fsp3) is 0. The van der Waals surface area contributed by atoms with Crippen molar-refractivity contribution in [1.82, 2.24) is 33.2 Å². The topological polar surface area (TPSA) is 82.2 Å². The van der Waals surface area contributed by atoms with Gasteiger partial charge in [0.1, 0.15) is 0 Å². The molecule has 90 heavy (non-hydrogen) atoms. The molecule has 0 radical (unpaired) electrons. The highest BCUT2D eigenvalue weighted by atomic mass is 15.0. The zero-order chi connectivity index (χ0) is 59.4. The Balaban J connectivity index is 0.982. The second-order valence-electron chi connectivity index (χ2n) is 23.0. The van der Waals surface area contributed by atoms with Crippen molar-refractivity contribution in [3.63, 3.8) is 0 Å². The first kappa shape index (κ1) is 50.8. The highest BCUT2D eigenvalue weighted by Crippen LogP contribution is 2.47. The van der Waals surface area contributed by atoms with Crippen molar-refractivity contribution >= 4 is 87.2 Å². The van der Waals surface area contributed by atoms with Crippen LogP contribution in [0.25, 0.3) is 166 Å². The fourth-order valence-electron chi connectivity index (χ4n) is 14.1. The summed E-state index contributed by atoms with van der Waals surface area (Å²) in [6.07, 6.45) is 0. The van der Waals surface area contributed by atoms with Crippen LogP contribution in [-0.4, -0.2) is 33.2 Å². The van der Waals surface area contributed by atoms with Gasteiger partial charge in [-0.15, -0.1) is 0 Å². The Kier molecular flexibility index (Phi) is 11.5. The van der Waals surface area contributed by atoms with Crippen LogP contribution in [0.4, 0.5) is 0 Å². The molecule has 418 valence electrons. The lowest BCUT2D eigenvalue weighted by Gasteiger charge is -2.20. The van der Waals surface area contributed by atoms with E-state index in [1.807, 2.05) is 60.7 Å². The van der Waals surface area contributed by atoms with E-state index in [9.17, 15) is 5.26 Å². The third kappa shape index (κ3) is 7.90. The van der Waals surface area contributed by atoms with Gasteiger partial charge in [-0.25, -0.2) is 15.0 Å². The van der Waals surface area contributed by atoms with E-state index in [2.05, 4.69) is 267 Å². The third-order valence-corrected chi connectivity index (χ3v) is 18.0. The fourth-order valence-corrected chi connectivity index (χ4v) is 14.1. The molecule has 0 saturated heterocycles. The summed E-state index contributed by atoms with van der Waals surface area (Å²) in [4.78, 5) is 16.2. The first-order valence-electron chi connectivity index (χ1n) is 30.3. The van der Waals surface area contributed by atoms with Crippen molar-refractivity contribution in [2.24, 2.45) is 0 Å². The molecule has 5 aromatic heterocycles. The molecule has 0 aliphatic rings. The van der Waals surface area contributed by atoms with Crippen LogP contribution in [0.15, 0.2) is 303 Å². The van der Waals surface area contributed by atoms with Crippen molar-refractivity contribution in [3.05, 3.63) is 309 Å². The van der Waals surface area contributed by atoms with E-state index >= 15 is 0 Å². The second-order valence-corrected chi connectivity index (χ2v) is 23.0. The highest BCUT2D eigenvalue weighted by molar-refractivity contribution is 6.21. The zero-order valence-corrected chi connectivity index (χ0v) is 48.4. The molecular weight excluding hydrogens is 1100 g/mol. The molecule has 18 rings (SSSR count). The lowest BCUT2D eigenvalue weighted by molar-refractivity contribution is 1.07. The second kappa shape index (κ2) is 20.3. The smallest absolute Gasteiger partial charge is 0.164 e. The summed E-state index contributed by atoms with van der Waals surface area (Å²) in [6.45, 7) is 0. The van der Waals surface area contributed by atoms with E-state index in [0.29, 0.717) is 23.0 Å². The summed E-state index contributed by atoms with van der Waals surface area (Å²) in [5.74, 6) is 1.64. The van der Waals surface area contributed by atoms with Gasteiger partial charge < -0.3 is 18.3 Å². The van der Waals surface area contributed by atoms with Gasteiger partial charge in [0.2, 0.25) is 0 Å². The maximum atomic E-state index is 10.8. The van der Waals surface area contributed by atoms with Crippen LogP contribution in [0.2, 0.25) is 0 Å². The molecule has 0 bridgehead atoms. The van der Waals surface area contributed by atoms with E-state index in [-0.39, 0.29) is 0 Å². The molecule has 0 aliphatic heterocycles. The summed E-state index contributed by atoms with van der Waals surface area (Å²) >= 11 is 0. The molecule has 0 fully saturated rings. The number of para-hydroxylation sites is 6. The number of hydrogen-bond donors (Lipinski definition) is 0. The lowest BCUT2D eigenvalue weighted by atomic mass is 9.92. The highest BCUT2D eigenvalue weighted by Gasteiger charge is 2.26. The van der Waals surface area contributed by atoms with Crippen molar-refractivity contribution in [2.45, 2.75) is 0 Å². The van der Waals surface area contributed by atoms with Gasteiger partial charge in [0, 0.05) is 82.4 Å². The molecule has 0 saturated carbocycles. The van der Waals surface area contributed by atoms with Crippen molar-refractivity contribution in [2.75, 3.05) is 0 Å². The van der Waals surface area contributed by atoms with Crippen molar-refractivity contribution in [3.8, 4) is 85.2 Å². The van der Waals surface area contributed by atoms with Crippen LogP contribution < -0.4 is 0 Å². The van der Waals surface area contributed by atoms with Crippen LogP contribution in [0, 0.1) is 11.3 Å². The monoisotopic (exact) mass is 1150 g/mol. The third-order valence-electron chi connectivity index (χ3n) is 18.0. The number of benzene rings is 13. The number of hydrogen-bond acceptors (Lipinski definition) is 4. The van der Waals surface area contributed by atoms with Gasteiger partial charge in [0.05, 0.1) is 61.5 Å². The number of nitriles is 1. The molecule has 0 aliphatic carbocycles. The molecule has 8 heteroatoms. The largest absolute Gasteiger partial charge is 0.309 e. The normalized spacial score (nSPS) is 11.8. The summed E-state index contributed by atoms with van der Waals surface area (Å²) in [7, 11) is 0. The van der Waals surface area contributed by atoms with Crippen LogP contribution in [0.1, 0.15) is 5.56 Å². The molecule has 18 aromatic rings. The Hall–Kier alpha value is -12.4. The maximum absolute atomic E-state index is 10.8. The van der Waals surface area contributed by atoms with Gasteiger partial charge in [-0.1, -0.05) is 194 Å². The van der Waals surface area contributed by atoms with Crippen molar-refractivity contribution in [1.29, 1.82) is 5.26 Å². The molecule has 0 spiro atoms. The van der Waals surface area contributed by atoms with E-state index in [0.717, 1.165) is 127 Å². The molecule has 5 heterocycles. The van der Waals surface area contributed by atoms with Gasteiger partial charge >= 0.3 is 0 Å². The Bertz CT molecular complexity index is 5910. The van der Waals surface area contributed by atoms with Gasteiger partial charge in [0.25, 0.3) is 0 Å². The molecule has 0 amide bonds. The SMILES string of the molecule is N#Cc1ccccc1-c1ccc(-n2c3ccccc3c3cc4c5ccccc5n(-c5ccccc5)c4cc32)c(-c2cc(-n3c4ccccc4c4cc5c6ccccc6n(-c6ccccc6)c5cc43)ccc2-c2nc(-c3ccccc3)nc(-c3ccccc3)n2)c1. The summed E-state index contributed by atoms with van der Waals surface area (Å²) in [6, 6.07) is 110. The molecule has 0 atom stereocenters. The first-order chi connectivity index (χ1) is 44.6. The van der Waals surface area contributed by atoms with E-state index < -0.39 is 0 Å². The minimum Gasteiger partial charge on any atom is -0.309 e. The van der Waals surface area contributed by atoms with Gasteiger partial charge in [0.15, 0.2) is 17.5 Å².